The predicted octanol–water partition coefficient (Wildman–Crippen LogP) is 3.91. The van der Waals surface area contributed by atoms with E-state index in [0.717, 1.165) is 25.4 Å². The molecule has 0 atom stereocenters. The maximum absolute atomic E-state index is 11.9. The number of halogens is 1. The number of thioether (sulfide) groups is 1. The monoisotopic (exact) mass is 398 g/mol. The number of carbonyl (C=O) groups excluding carboxylic acids is 1. The molecule has 104 valence electrons. The number of aryl methyl sites for hydroxylation is 1. The molecule has 0 aromatic heterocycles. The second-order valence-electron chi connectivity index (χ2n) is 4.37. The van der Waals surface area contributed by atoms with Gasteiger partial charge in [0.2, 0.25) is 5.91 Å². The molecule has 0 bridgehead atoms. The average molecular weight is 398 g/mol. The van der Waals surface area contributed by atoms with Crippen LogP contribution in [0.25, 0.3) is 0 Å². The van der Waals surface area contributed by atoms with Crippen molar-refractivity contribution in [1.29, 1.82) is 0 Å². The van der Waals surface area contributed by atoms with Gasteiger partial charge < -0.3 is 11.1 Å². The second-order valence-corrected chi connectivity index (χ2v) is 6.66. The Morgan fingerprint density at radius 3 is 2.80 bits per heavy atom. The summed E-state index contributed by atoms with van der Waals surface area (Å²) < 4.78 is 1.10. The van der Waals surface area contributed by atoms with E-state index in [1.807, 2.05) is 49.4 Å². The van der Waals surface area contributed by atoms with E-state index in [1.165, 1.54) is 11.8 Å². The molecule has 0 unspecified atom stereocenters. The highest BCUT2D eigenvalue weighted by Gasteiger charge is 2.05. The smallest absolute Gasteiger partial charge is 0.234 e. The van der Waals surface area contributed by atoms with Gasteiger partial charge in [-0.1, -0.05) is 6.07 Å². The minimum atomic E-state index is -0.00789. The third-order valence-corrected chi connectivity index (χ3v) is 4.38. The molecule has 1 amide bonds. The van der Waals surface area contributed by atoms with Crippen molar-refractivity contribution in [2.24, 2.45) is 0 Å². The zero-order valence-corrected chi connectivity index (χ0v) is 14.0. The molecule has 0 saturated heterocycles. The minimum Gasteiger partial charge on any atom is -0.399 e. The van der Waals surface area contributed by atoms with Gasteiger partial charge in [0.05, 0.1) is 5.75 Å². The van der Waals surface area contributed by atoms with Crippen molar-refractivity contribution in [2.45, 2.75) is 11.8 Å². The van der Waals surface area contributed by atoms with E-state index in [-0.39, 0.29) is 5.91 Å². The number of nitrogens with two attached hydrogens (primary N) is 1. The van der Waals surface area contributed by atoms with Crippen molar-refractivity contribution >= 4 is 51.6 Å². The Morgan fingerprint density at radius 2 is 2.10 bits per heavy atom. The fraction of sp³-hybridized carbons (Fsp3) is 0.133. The molecule has 2 aromatic carbocycles. The largest absolute Gasteiger partial charge is 0.399 e. The van der Waals surface area contributed by atoms with Crippen LogP contribution in [0.1, 0.15) is 5.56 Å². The topological polar surface area (TPSA) is 55.1 Å². The first kappa shape index (κ1) is 15.2. The molecule has 0 heterocycles. The summed E-state index contributed by atoms with van der Waals surface area (Å²) in [6, 6.07) is 13.5. The quantitative estimate of drug-likeness (QED) is 0.467. The van der Waals surface area contributed by atoms with E-state index in [0.29, 0.717) is 5.75 Å². The molecule has 0 aliphatic heterocycles. The van der Waals surface area contributed by atoms with Crippen LogP contribution < -0.4 is 11.1 Å². The molecule has 3 nitrogen and oxygen atoms in total. The van der Waals surface area contributed by atoms with E-state index in [1.54, 1.807) is 0 Å². The average Bonchev–Trinajstić information content (AvgIpc) is 2.40. The number of nitrogens with one attached hydrogen (secondary N) is 1. The normalized spacial score (nSPS) is 10.3. The molecule has 0 saturated carbocycles. The van der Waals surface area contributed by atoms with Crippen LogP contribution in [0.4, 0.5) is 11.4 Å². The van der Waals surface area contributed by atoms with Gasteiger partial charge in [-0.25, -0.2) is 0 Å². The van der Waals surface area contributed by atoms with Gasteiger partial charge in [-0.05, 0) is 71.5 Å². The Balaban J connectivity index is 1.90. The molecule has 0 fully saturated rings. The molecular weight excluding hydrogens is 383 g/mol. The van der Waals surface area contributed by atoms with Gasteiger partial charge in [-0.15, -0.1) is 11.8 Å². The van der Waals surface area contributed by atoms with Gasteiger partial charge >= 0.3 is 0 Å². The summed E-state index contributed by atoms with van der Waals surface area (Å²) in [7, 11) is 0. The second kappa shape index (κ2) is 6.99. The van der Waals surface area contributed by atoms with Gasteiger partial charge in [-0.2, -0.15) is 0 Å². The van der Waals surface area contributed by atoms with E-state index >= 15 is 0 Å². The standard InChI is InChI=1S/C15H15IN2OS/c1-10-7-13(5-6-14(10)17)20-9-15(19)18-12-4-2-3-11(16)8-12/h2-8H,9,17H2,1H3,(H,18,19). The number of nitrogen functional groups attached to an aromatic ring is 1. The number of hydrogen-bond donors (Lipinski definition) is 2. The lowest BCUT2D eigenvalue weighted by atomic mass is 10.2. The van der Waals surface area contributed by atoms with Gasteiger partial charge in [-0.3, -0.25) is 4.79 Å². The van der Waals surface area contributed by atoms with Gasteiger partial charge in [0, 0.05) is 19.8 Å². The summed E-state index contributed by atoms with van der Waals surface area (Å²) in [4.78, 5) is 12.9. The van der Waals surface area contributed by atoms with Crippen LogP contribution in [0.5, 0.6) is 0 Å². The van der Waals surface area contributed by atoms with Crippen molar-refractivity contribution in [3.8, 4) is 0 Å². The summed E-state index contributed by atoms with van der Waals surface area (Å²) >= 11 is 3.73. The molecule has 5 heteroatoms. The summed E-state index contributed by atoms with van der Waals surface area (Å²) in [5.41, 5.74) is 8.41. The van der Waals surface area contributed by atoms with Gasteiger partial charge in [0.1, 0.15) is 0 Å². The fourth-order valence-electron chi connectivity index (χ4n) is 1.65. The lowest BCUT2D eigenvalue weighted by Crippen LogP contribution is -2.13. The lowest BCUT2D eigenvalue weighted by molar-refractivity contribution is -0.113. The van der Waals surface area contributed by atoms with E-state index in [9.17, 15) is 4.79 Å². The zero-order valence-electron chi connectivity index (χ0n) is 11.0. The first-order chi connectivity index (χ1) is 9.54. The first-order valence-electron chi connectivity index (χ1n) is 6.09. The molecule has 0 radical (unpaired) electrons. The van der Waals surface area contributed by atoms with Crippen LogP contribution in [0.15, 0.2) is 47.4 Å². The number of hydrogen-bond acceptors (Lipinski definition) is 3. The van der Waals surface area contributed by atoms with Crippen LogP contribution >= 0.6 is 34.4 Å². The number of rotatable bonds is 4. The van der Waals surface area contributed by atoms with Crippen LogP contribution in [-0.4, -0.2) is 11.7 Å². The van der Waals surface area contributed by atoms with E-state index in [4.69, 9.17) is 5.73 Å². The van der Waals surface area contributed by atoms with Crippen molar-refractivity contribution in [3.63, 3.8) is 0 Å². The summed E-state index contributed by atoms with van der Waals surface area (Å²) in [5.74, 6) is 0.376. The molecule has 0 spiro atoms. The maximum atomic E-state index is 11.9. The third-order valence-electron chi connectivity index (χ3n) is 2.72. The Morgan fingerprint density at radius 1 is 1.30 bits per heavy atom. The third kappa shape index (κ3) is 4.42. The Labute approximate surface area is 136 Å². The van der Waals surface area contributed by atoms with Crippen LogP contribution in [0.3, 0.4) is 0 Å². The first-order valence-corrected chi connectivity index (χ1v) is 8.15. The van der Waals surface area contributed by atoms with Gasteiger partial charge in [0.25, 0.3) is 0 Å². The molecule has 0 aliphatic rings. The summed E-state index contributed by atoms with van der Waals surface area (Å²) in [6.45, 7) is 1.96. The zero-order chi connectivity index (χ0) is 14.5. The number of carbonyl (C=O) groups is 1. The number of amides is 1. The Kier molecular flexibility index (Phi) is 5.31. The molecule has 20 heavy (non-hydrogen) atoms. The van der Waals surface area contributed by atoms with Crippen molar-refractivity contribution in [3.05, 3.63) is 51.6 Å². The van der Waals surface area contributed by atoms with Crippen molar-refractivity contribution in [1.82, 2.24) is 0 Å². The minimum absolute atomic E-state index is 0.00789. The van der Waals surface area contributed by atoms with Crippen LogP contribution in [-0.2, 0) is 4.79 Å². The van der Waals surface area contributed by atoms with Crippen molar-refractivity contribution in [2.75, 3.05) is 16.8 Å². The van der Waals surface area contributed by atoms with E-state index in [2.05, 4.69) is 27.9 Å². The predicted molar refractivity (Wildman–Crippen MR) is 94.1 cm³/mol. The van der Waals surface area contributed by atoms with E-state index < -0.39 is 0 Å². The van der Waals surface area contributed by atoms with Crippen LogP contribution in [0, 0.1) is 10.5 Å². The molecule has 0 aliphatic carbocycles. The number of anilines is 2. The Hall–Kier alpha value is -1.21. The Bertz CT molecular complexity index is 631. The fourth-order valence-corrected chi connectivity index (χ4v) is 2.99. The summed E-state index contributed by atoms with van der Waals surface area (Å²) in [5, 5.41) is 2.89. The van der Waals surface area contributed by atoms with Crippen LogP contribution in [0.2, 0.25) is 0 Å². The van der Waals surface area contributed by atoms with Gasteiger partial charge in [0.15, 0.2) is 0 Å². The molecule has 2 aromatic rings. The molecule has 2 rings (SSSR count). The van der Waals surface area contributed by atoms with Crippen molar-refractivity contribution < 1.29 is 4.79 Å². The SMILES string of the molecule is Cc1cc(SCC(=O)Nc2cccc(I)c2)ccc1N. The number of benzene rings is 2. The molecule has 3 N–H and O–H groups in total. The highest BCUT2D eigenvalue weighted by Crippen LogP contribution is 2.22. The lowest BCUT2D eigenvalue weighted by Gasteiger charge is -2.07. The molecular formula is C15H15IN2OS. The summed E-state index contributed by atoms with van der Waals surface area (Å²) in [6.07, 6.45) is 0. The highest BCUT2D eigenvalue weighted by molar-refractivity contribution is 14.1. The maximum Gasteiger partial charge on any atom is 0.234 e. The highest BCUT2D eigenvalue weighted by atomic mass is 127.